The fraction of sp³-hybridized carbons (Fsp3) is 0.308. The molecule has 0 aromatic carbocycles. The molecule has 2 aromatic heterocycles. The van der Waals surface area contributed by atoms with Gasteiger partial charge in [0, 0.05) is 11.8 Å². The zero-order valence-corrected chi connectivity index (χ0v) is 12.3. The summed E-state index contributed by atoms with van der Waals surface area (Å²) in [6.45, 7) is 3.31. The van der Waals surface area contributed by atoms with Crippen molar-refractivity contribution in [1.29, 1.82) is 0 Å². The summed E-state index contributed by atoms with van der Waals surface area (Å²) in [6.07, 6.45) is 2.90. The van der Waals surface area contributed by atoms with E-state index in [1.807, 2.05) is 0 Å². The van der Waals surface area contributed by atoms with Gasteiger partial charge in [-0.25, -0.2) is 13.4 Å². The molecule has 0 radical (unpaired) electrons. The SMILES string of the molecule is CC1C(=O)c2[nH]ncc2C(C)N1S(=O)(=O)c1ccccn1. The largest absolute Gasteiger partial charge is 0.291 e. The molecule has 1 aliphatic rings. The van der Waals surface area contributed by atoms with Crippen LogP contribution in [0.15, 0.2) is 35.6 Å². The number of sulfonamides is 1. The zero-order valence-electron chi connectivity index (χ0n) is 11.5. The van der Waals surface area contributed by atoms with Crippen molar-refractivity contribution in [3.63, 3.8) is 0 Å². The van der Waals surface area contributed by atoms with Crippen molar-refractivity contribution in [2.45, 2.75) is 31.0 Å². The standard InChI is InChI=1S/C13H14N4O3S/c1-8-10-7-15-16-12(10)13(18)9(2)17(8)21(19,20)11-5-3-4-6-14-11/h3-9H,1-2H3,(H,15,16). The van der Waals surface area contributed by atoms with E-state index in [2.05, 4.69) is 15.2 Å². The molecule has 0 saturated heterocycles. The van der Waals surface area contributed by atoms with E-state index in [0.29, 0.717) is 11.3 Å². The van der Waals surface area contributed by atoms with Crippen LogP contribution >= 0.6 is 0 Å². The number of aromatic amines is 1. The Morgan fingerprint density at radius 3 is 2.67 bits per heavy atom. The first kappa shape index (κ1) is 13.9. The summed E-state index contributed by atoms with van der Waals surface area (Å²) in [4.78, 5) is 16.2. The van der Waals surface area contributed by atoms with E-state index < -0.39 is 22.1 Å². The maximum Gasteiger partial charge on any atom is 0.261 e. The number of fused-ring (bicyclic) bond motifs is 1. The Kier molecular flexibility index (Phi) is 3.14. The first-order valence-electron chi connectivity index (χ1n) is 6.46. The maximum absolute atomic E-state index is 12.8. The number of nitrogens with zero attached hydrogens (tertiary/aromatic N) is 3. The highest BCUT2D eigenvalue weighted by Gasteiger charge is 2.44. The lowest BCUT2D eigenvalue weighted by atomic mass is 9.97. The lowest BCUT2D eigenvalue weighted by Crippen LogP contribution is -2.48. The molecule has 110 valence electrons. The van der Waals surface area contributed by atoms with Gasteiger partial charge in [-0.2, -0.15) is 9.40 Å². The van der Waals surface area contributed by atoms with Gasteiger partial charge in [-0.1, -0.05) is 6.07 Å². The quantitative estimate of drug-likeness (QED) is 0.897. The highest BCUT2D eigenvalue weighted by molar-refractivity contribution is 7.89. The first-order valence-corrected chi connectivity index (χ1v) is 7.90. The molecule has 0 spiro atoms. The molecule has 2 unspecified atom stereocenters. The third-order valence-corrected chi connectivity index (χ3v) is 5.65. The second-order valence-electron chi connectivity index (χ2n) is 4.92. The highest BCUT2D eigenvalue weighted by Crippen LogP contribution is 2.35. The van der Waals surface area contributed by atoms with Crippen LogP contribution in [0.2, 0.25) is 0 Å². The number of Topliss-reactive ketones (excluding diaryl/α,β-unsaturated/α-hetero) is 1. The molecular formula is C13H14N4O3S. The van der Waals surface area contributed by atoms with Crippen LogP contribution in [0, 0.1) is 0 Å². The fourth-order valence-corrected chi connectivity index (χ4v) is 4.33. The number of rotatable bonds is 2. The number of hydrogen-bond acceptors (Lipinski definition) is 5. The predicted octanol–water partition coefficient (Wildman–Crippen LogP) is 1.14. The monoisotopic (exact) mass is 306 g/mol. The van der Waals surface area contributed by atoms with Gasteiger partial charge in [-0.05, 0) is 26.0 Å². The van der Waals surface area contributed by atoms with Gasteiger partial charge in [0.2, 0.25) is 0 Å². The number of ketones is 1. The molecule has 7 nitrogen and oxygen atoms in total. The van der Waals surface area contributed by atoms with Crippen molar-refractivity contribution in [2.75, 3.05) is 0 Å². The molecule has 3 rings (SSSR count). The molecule has 0 saturated carbocycles. The number of pyridine rings is 1. The Hall–Kier alpha value is -2.06. The third-order valence-electron chi connectivity index (χ3n) is 3.69. The summed E-state index contributed by atoms with van der Waals surface area (Å²) in [5.41, 5.74) is 0.958. The van der Waals surface area contributed by atoms with Crippen LogP contribution in [0.3, 0.4) is 0 Å². The van der Waals surface area contributed by atoms with Crippen molar-refractivity contribution >= 4 is 15.8 Å². The second kappa shape index (κ2) is 4.74. The molecule has 1 N–H and O–H groups in total. The normalized spacial score (nSPS) is 23.0. The Morgan fingerprint density at radius 1 is 1.24 bits per heavy atom. The van der Waals surface area contributed by atoms with Gasteiger partial charge in [0.05, 0.1) is 18.3 Å². The molecule has 0 amide bonds. The average molecular weight is 306 g/mol. The third kappa shape index (κ3) is 1.98. The smallest absolute Gasteiger partial charge is 0.261 e. The summed E-state index contributed by atoms with van der Waals surface area (Å²) >= 11 is 0. The van der Waals surface area contributed by atoms with Gasteiger partial charge in [-0.3, -0.25) is 9.89 Å². The minimum Gasteiger partial charge on any atom is -0.291 e. The topological polar surface area (TPSA) is 96.0 Å². The van der Waals surface area contributed by atoms with Crippen molar-refractivity contribution in [1.82, 2.24) is 19.5 Å². The van der Waals surface area contributed by atoms with Gasteiger partial charge < -0.3 is 0 Å². The Balaban J connectivity index is 2.13. The number of carbonyl (C=O) groups excluding carboxylic acids is 1. The molecule has 21 heavy (non-hydrogen) atoms. The zero-order chi connectivity index (χ0) is 15.2. The van der Waals surface area contributed by atoms with E-state index in [0.717, 1.165) is 0 Å². The van der Waals surface area contributed by atoms with E-state index in [9.17, 15) is 13.2 Å². The molecule has 2 aromatic rings. The molecular weight excluding hydrogens is 292 g/mol. The first-order chi connectivity index (χ1) is 9.94. The summed E-state index contributed by atoms with van der Waals surface area (Å²) in [6, 6.07) is 3.37. The summed E-state index contributed by atoms with van der Waals surface area (Å²) < 4.78 is 26.7. The molecule has 2 atom stereocenters. The van der Waals surface area contributed by atoms with E-state index >= 15 is 0 Å². The number of aromatic nitrogens is 3. The predicted molar refractivity (Wildman–Crippen MR) is 74.1 cm³/mol. The van der Waals surface area contributed by atoms with Crippen molar-refractivity contribution in [3.05, 3.63) is 41.9 Å². The van der Waals surface area contributed by atoms with Gasteiger partial charge in [-0.15, -0.1) is 0 Å². The molecule has 3 heterocycles. The minimum absolute atomic E-state index is 0.0663. The van der Waals surface area contributed by atoms with E-state index in [1.54, 1.807) is 26.0 Å². The van der Waals surface area contributed by atoms with Crippen LogP contribution in [0.5, 0.6) is 0 Å². The Labute approximate surface area is 122 Å². The highest BCUT2D eigenvalue weighted by atomic mass is 32.2. The number of hydrogen-bond donors (Lipinski definition) is 1. The fourth-order valence-electron chi connectivity index (χ4n) is 2.63. The van der Waals surface area contributed by atoms with Crippen LogP contribution in [-0.2, 0) is 10.0 Å². The van der Waals surface area contributed by atoms with Crippen molar-refractivity contribution in [3.8, 4) is 0 Å². The summed E-state index contributed by atoms with van der Waals surface area (Å²) in [5, 5.41) is 6.42. The number of carbonyl (C=O) groups is 1. The van der Waals surface area contributed by atoms with Crippen LogP contribution < -0.4 is 0 Å². The minimum atomic E-state index is -3.85. The lowest BCUT2D eigenvalue weighted by Gasteiger charge is -2.35. The molecule has 0 bridgehead atoms. The van der Waals surface area contributed by atoms with Gasteiger partial charge >= 0.3 is 0 Å². The summed E-state index contributed by atoms with van der Waals surface area (Å²) in [7, 11) is -3.85. The van der Waals surface area contributed by atoms with Gasteiger partial charge in [0.15, 0.2) is 10.8 Å². The van der Waals surface area contributed by atoms with Crippen LogP contribution in [-0.4, -0.2) is 39.7 Å². The van der Waals surface area contributed by atoms with E-state index in [4.69, 9.17) is 0 Å². The van der Waals surface area contributed by atoms with Crippen LogP contribution in [0.4, 0.5) is 0 Å². The molecule has 1 aliphatic heterocycles. The average Bonchev–Trinajstić information content (AvgIpc) is 2.96. The Morgan fingerprint density at radius 2 is 2.00 bits per heavy atom. The van der Waals surface area contributed by atoms with Crippen molar-refractivity contribution < 1.29 is 13.2 Å². The van der Waals surface area contributed by atoms with Crippen LogP contribution in [0.1, 0.15) is 35.9 Å². The number of nitrogens with one attached hydrogen (secondary N) is 1. The van der Waals surface area contributed by atoms with Crippen LogP contribution in [0.25, 0.3) is 0 Å². The lowest BCUT2D eigenvalue weighted by molar-refractivity contribution is 0.0853. The van der Waals surface area contributed by atoms with Gasteiger partial charge in [0.1, 0.15) is 5.69 Å². The molecule has 0 fully saturated rings. The second-order valence-corrected chi connectivity index (χ2v) is 6.71. The van der Waals surface area contributed by atoms with E-state index in [1.165, 1.54) is 22.8 Å². The molecule has 8 heteroatoms. The number of H-pyrrole nitrogens is 1. The summed E-state index contributed by atoms with van der Waals surface area (Å²) in [5.74, 6) is -0.292. The maximum atomic E-state index is 12.8. The van der Waals surface area contributed by atoms with E-state index in [-0.39, 0.29) is 10.8 Å². The van der Waals surface area contributed by atoms with Crippen molar-refractivity contribution in [2.24, 2.45) is 0 Å². The Bertz CT molecular complexity index is 785. The van der Waals surface area contributed by atoms with Gasteiger partial charge in [0.25, 0.3) is 10.0 Å². The molecule has 0 aliphatic carbocycles.